The van der Waals surface area contributed by atoms with E-state index in [1.165, 1.54) is 41.7 Å². The lowest BCUT2D eigenvalue weighted by atomic mass is 10.0. The van der Waals surface area contributed by atoms with Crippen LogP contribution in [0.1, 0.15) is 21.5 Å². The van der Waals surface area contributed by atoms with Gasteiger partial charge in [0, 0.05) is 33.7 Å². The average molecular weight is 478 g/mol. The summed E-state index contributed by atoms with van der Waals surface area (Å²) in [4.78, 5) is 37.2. The number of fused-ring (bicyclic) bond motifs is 1. The summed E-state index contributed by atoms with van der Waals surface area (Å²) >= 11 is 2.85. The Bertz CT molecular complexity index is 1470. The number of imidazole rings is 1. The van der Waals surface area contributed by atoms with Gasteiger partial charge in [0.15, 0.2) is 10.8 Å². The van der Waals surface area contributed by atoms with Crippen LogP contribution in [0.15, 0.2) is 58.4 Å². The van der Waals surface area contributed by atoms with Crippen LogP contribution in [0.5, 0.6) is 0 Å². The number of nitrogens with one attached hydrogen (secondary N) is 2. The van der Waals surface area contributed by atoms with Crippen LogP contribution in [-0.2, 0) is 0 Å². The van der Waals surface area contributed by atoms with Crippen molar-refractivity contribution in [3.05, 3.63) is 71.1 Å². The predicted molar refractivity (Wildman–Crippen MR) is 125 cm³/mol. The molecule has 5 rings (SSSR count). The van der Waals surface area contributed by atoms with Crippen LogP contribution >= 0.6 is 23.1 Å². The van der Waals surface area contributed by atoms with Crippen molar-refractivity contribution in [3.63, 3.8) is 0 Å². The van der Waals surface area contributed by atoms with E-state index in [2.05, 4.69) is 47.4 Å². The number of hydrogen-bond donors (Lipinski definition) is 2. The quantitative estimate of drug-likeness (QED) is 0.270. The maximum absolute atomic E-state index is 13.3. The van der Waals surface area contributed by atoms with E-state index in [4.69, 9.17) is 0 Å². The van der Waals surface area contributed by atoms with Crippen molar-refractivity contribution >= 4 is 45.3 Å². The third-order valence-electron chi connectivity index (χ3n) is 4.88. The Labute approximate surface area is 195 Å². The summed E-state index contributed by atoms with van der Waals surface area (Å²) in [7, 11) is 0. The van der Waals surface area contributed by atoms with E-state index in [1.54, 1.807) is 6.33 Å². The topological polar surface area (TPSA) is 109 Å². The maximum Gasteiger partial charge on any atom is 0.257 e. The number of hydrogen-bond acceptors (Lipinski definition) is 8. The maximum atomic E-state index is 13.3. The van der Waals surface area contributed by atoms with Gasteiger partial charge in [-0.2, -0.15) is 4.39 Å². The first-order valence-corrected chi connectivity index (χ1v) is 11.5. The van der Waals surface area contributed by atoms with Crippen molar-refractivity contribution in [3.8, 4) is 11.3 Å². The van der Waals surface area contributed by atoms with Crippen molar-refractivity contribution in [2.75, 3.05) is 5.32 Å². The first-order valence-electron chi connectivity index (χ1n) is 9.80. The average Bonchev–Trinajstić information content (AvgIpc) is 3.43. The van der Waals surface area contributed by atoms with Gasteiger partial charge in [-0.15, -0.1) is 11.3 Å². The highest BCUT2D eigenvalue weighted by atomic mass is 32.2. The number of nitrogens with zero attached hydrogens (tertiary/aromatic N) is 5. The Hall–Kier alpha value is -3.70. The normalized spacial score (nSPS) is 11.1. The molecule has 11 heteroatoms. The van der Waals surface area contributed by atoms with Crippen LogP contribution < -0.4 is 5.32 Å². The fraction of sp³-hybridized carbons (Fsp3) is 0.0909. The number of aromatic amines is 1. The van der Waals surface area contributed by atoms with Gasteiger partial charge in [0.05, 0.1) is 12.0 Å². The molecule has 0 bridgehead atoms. The van der Waals surface area contributed by atoms with Crippen LogP contribution in [0.2, 0.25) is 0 Å². The first kappa shape index (κ1) is 21.2. The highest BCUT2D eigenvalue weighted by Crippen LogP contribution is 2.36. The van der Waals surface area contributed by atoms with Crippen LogP contribution in [0.25, 0.3) is 22.4 Å². The Kier molecular flexibility index (Phi) is 5.56. The van der Waals surface area contributed by atoms with Gasteiger partial charge in [0.25, 0.3) is 5.91 Å². The second kappa shape index (κ2) is 8.68. The Morgan fingerprint density at radius 2 is 1.94 bits per heavy atom. The third-order valence-corrected chi connectivity index (χ3v) is 6.61. The minimum atomic E-state index is -0.707. The Balaban J connectivity index is 1.38. The summed E-state index contributed by atoms with van der Waals surface area (Å²) in [5.41, 5.74) is 5.48. The van der Waals surface area contributed by atoms with Gasteiger partial charge in [-0.1, -0.05) is 11.8 Å². The first-order chi connectivity index (χ1) is 16.0. The van der Waals surface area contributed by atoms with Crippen molar-refractivity contribution in [2.45, 2.75) is 23.8 Å². The molecule has 2 N–H and O–H groups in total. The summed E-state index contributed by atoms with van der Waals surface area (Å²) in [5.74, 6) is -1.14. The molecule has 0 atom stereocenters. The molecular formula is C22H16FN7OS2. The second-order valence-electron chi connectivity index (χ2n) is 7.17. The number of pyridine rings is 1. The molecule has 1 aromatic carbocycles. The summed E-state index contributed by atoms with van der Waals surface area (Å²) in [6.45, 7) is 4.05. The summed E-state index contributed by atoms with van der Waals surface area (Å²) in [6.07, 6.45) is 4.36. The summed E-state index contributed by atoms with van der Waals surface area (Å²) in [5, 5.41) is 5.85. The van der Waals surface area contributed by atoms with Gasteiger partial charge in [-0.3, -0.25) is 10.1 Å². The lowest BCUT2D eigenvalue weighted by molar-refractivity contribution is 0.102. The van der Waals surface area contributed by atoms with Gasteiger partial charge in [0.1, 0.15) is 16.9 Å². The molecule has 0 saturated carbocycles. The van der Waals surface area contributed by atoms with Crippen molar-refractivity contribution in [1.29, 1.82) is 0 Å². The molecule has 0 spiro atoms. The molecule has 0 radical (unpaired) electrons. The van der Waals surface area contributed by atoms with E-state index < -0.39 is 11.9 Å². The molecule has 8 nitrogen and oxygen atoms in total. The van der Waals surface area contributed by atoms with Gasteiger partial charge >= 0.3 is 0 Å². The zero-order valence-corrected chi connectivity index (χ0v) is 19.1. The van der Waals surface area contributed by atoms with E-state index in [0.29, 0.717) is 10.8 Å². The molecule has 0 aliphatic heterocycles. The molecule has 0 saturated heterocycles. The van der Waals surface area contributed by atoms with Crippen LogP contribution in [0.3, 0.4) is 0 Å². The largest absolute Gasteiger partial charge is 0.341 e. The van der Waals surface area contributed by atoms with E-state index in [1.807, 2.05) is 19.2 Å². The molecule has 4 heterocycles. The van der Waals surface area contributed by atoms with Crippen molar-refractivity contribution in [2.24, 2.45) is 0 Å². The SMILES string of the molecule is Cc1cc(Sc2ncnc3nc[nH]c23)cc(C)c1-c1csc(NC(=O)c2ccnc(F)c2)n1. The monoisotopic (exact) mass is 477 g/mol. The van der Waals surface area contributed by atoms with Crippen molar-refractivity contribution < 1.29 is 9.18 Å². The van der Waals surface area contributed by atoms with Gasteiger partial charge in [-0.05, 0) is 43.2 Å². The third kappa shape index (κ3) is 4.32. The minimum absolute atomic E-state index is 0.184. The molecule has 0 aliphatic carbocycles. The highest BCUT2D eigenvalue weighted by molar-refractivity contribution is 7.99. The molecular weight excluding hydrogens is 461 g/mol. The van der Waals surface area contributed by atoms with E-state index >= 15 is 0 Å². The number of aromatic nitrogens is 6. The smallest absolute Gasteiger partial charge is 0.257 e. The lowest BCUT2D eigenvalue weighted by Crippen LogP contribution is -2.12. The van der Waals surface area contributed by atoms with E-state index in [0.717, 1.165) is 43.9 Å². The standard InChI is InChI=1S/C22H16FN7OS2/c1-11-5-14(33-21-18-19(26-9-25-18)27-10-28-21)6-12(2)17(11)15-8-32-22(29-15)30-20(31)13-3-4-24-16(23)7-13/h3-10H,1-2H3,(H,29,30,31)(H,25,26,27,28). The molecule has 33 heavy (non-hydrogen) atoms. The van der Waals surface area contributed by atoms with E-state index in [-0.39, 0.29) is 5.56 Å². The number of benzene rings is 1. The summed E-state index contributed by atoms with van der Waals surface area (Å²) in [6, 6.07) is 6.69. The van der Waals surface area contributed by atoms with Gasteiger partial charge in [0.2, 0.25) is 5.95 Å². The number of aryl methyl sites for hydroxylation is 2. The zero-order chi connectivity index (χ0) is 22.9. The van der Waals surface area contributed by atoms with Gasteiger partial charge in [-0.25, -0.2) is 24.9 Å². The number of anilines is 1. The number of thiazole rings is 1. The fourth-order valence-electron chi connectivity index (χ4n) is 3.48. The number of rotatable bonds is 5. The van der Waals surface area contributed by atoms with Crippen molar-refractivity contribution in [1.82, 2.24) is 29.9 Å². The Morgan fingerprint density at radius 1 is 1.12 bits per heavy atom. The highest BCUT2D eigenvalue weighted by Gasteiger charge is 2.15. The second-order valence-corrected chi connectivity index (χ2v) is 9.09. The fourth-order valence-corrected chi connectivity index (χ4v) is 5.22. The molecule has 4 aromatic heterocycles. The van der Waals surface area contributed by atoms with Crippen LogP contribution in [0.4, 0.5) is 9.52 Å². The molecule has 0 unspecified atom stereocenters. The van der Waals surface area contributed by atoms with Crippen LogP contribution in [0, 0.1) is 19.8 Å². The number of carbonyl (C=O) groups excluding carboxylic acids is 1. The molecule has 1 amide bonds. The molecule has 164 valence electrons. The Morgan fingerprint density at radius 3 is 2.73 bits per heavy atom. The van der Waals surface area contributed by atoms with Gasteiger partial charge < -0.3 is 4.98 Å². The predicted octanol–water partition coefficient (Wildman–Crippen LogP) is 5.03. The number of carbonyl (C=O) groups is 1. The molecule has 0 fully saturated rings. The number of amides is 1. The number of halogens is 1. The molecule has 0 aliphatic rings. The van der Waals surface area contributed by atoms with E-state index in [9.17, 15) is 9.18 Å². The molecule has 5 aromatic rings. The summed E-state index contributed by atoms with van der Waals surface area (Å²) < 4.78 is 13.3. The lowest BCUT2D eigenvalue weighted by Gasteiger charge is -2.11. The minimum Gasteiger partial charge on any atom is -0.341 e. The zero-order valence-electron chi connectivity index (χ0n) is 17.5. The van der Waals surface area contributed by atoms with Crippen LogP contribution in [-0.4, -0.2) is 35.8 Å². The number of H-pyrrole nitrogens is 1.